The van der Waals surface area contributed by atoms with E-state index in [9.17, 15) is 31.1 Å². The van der Waals surface area contributed by atoms with Crippen molar-refractivity contribution >= 4 is 11.5 Å². The highest BCUT2D eigenvalue weighted by Gasteiger charge is 2.37. The molecule has 0 atom stereocenters. The summed E-state index contributed by atoms with van der Waals surface area (Å²) in [7, 11) is 2.76. The van der Waals surface area contributed by atoms with Gasteiger partial charge in [0.25, 0.3) is 5.78 Å². The molecule has 0 N–H and O–H groups in total. The maximum absolute atomic E-state index is 12.4. The highest BCUT2D eigenvalue weighted by molar-refractivity contribution is 6.00. The molecular weight excluding hydrogens is 300 g/mol. The number of hydrogen-bond donors (Lipinski definition) is 0. The average molecular weight is 311 g/mol. The van der Waals surface area contributed by atoms with Gasteiger partial charge in [0.05, 0.1) is 5.56 Å². The molecule has 0 aliphatic heterocycles. The molecule has 1 aromatic rings. The van der Waals surface area contributed by atoms with Gasteiger partial charge in [-0.15, -0.1) is 0 Å². The second kappa shape index (κ2) is 5.79. The van der Waals surface area contributed by atoms with E-state index in [1.807, 2.05) is 0 Å². The number of nitrogens with zero attached hydrogens (tertiary/aromatic N) is 1. The van der Waals surface area contributed by atoms with Crippen molar-refractivity contribution in [3.63, 3.8) is 0 Å². The van der Waals surface area contributed by atoms with Crippen molar-refractivity contribution in [2.45, 2.75) is 12.4 Å². The van der Waals surface area contributed by atoms with Crippen LogP contribution in [0.3, 0.4) is 0 Å². The van der Waals surface area contributed by atoms with Crippen LogP contribution in [0.4, 0.5) is 26.3 Å². The molecule has 0 bridgehead atoms. The zero-order valence-electron chi connectivity index (χ0n) is 11.0. The van der Waals surface area contributed by atoms with E-state index < -0.39 is 23.7 Å². The molecule has 1 rings (SSSR count). The molecule has 0 fully saturated rings. The Morgan fingerprint density at radius 2 is 1.48 bits per heavy atom. The highest BCUT2D eigenvalue weighted by Crippen LogP contribution is 2.30. The Kier molecular flexibility index (Phi) is 4.70. The number of allylic oxidation sites excluding steroid dienone is 1. The molecule has 0 spiro atoms. The van der Waals surface area contributed by atoms with Crippen molar-refractivity contribution in [1.29, 1.82) is 0 Å². The molecule has 0 amide bonds. The van der Waals surface area contributed by atoms with E-state index >= 15 is 0 Å². The smallest absolute Gasteiger partial charge is 0.377 e. The molecule has 0 radical (unpaired) electrons. The molecule has 0 aliphatic carbocycles. The van der Waals surface area contributed by atoms with Crippen LogP contribution in [0, 0.1) is 0 Å². The molecule has 116 valence electrons. The van der Waals surface area contributed by atoms with Crippen molar-refractivity contribution in [1.82, 2.24) is 4.90 Å². The lowest BCUT2D eigenvalue weighted by atomic mass is 10.1. The number of halogens is 6. The topological polar surface area (TPSA) is 20.3 Å². The molecule has 0 saturated heterocycles. The Morgan fingerprint density at radius 1 is 1.00 bits per heavy atom. The van der Waals surface area contributed by atoms with Crippen molar-refractivity contribution in [2.24, 2.45) is 0 Å². The van der Waals surface area contributed by atoms with Gasteiger partial charge in [-0.2, -0.15) is 26.3 Å². The Bertz CT molecular complexity index is 539. The minimum Gasteiger partial charge on any atom is -0.377 e. The fourth-order valence-corrected chi connectivity index (χ4v) is 1.51. The zero-order chi connectivity index (χ0) is 16.4. The highest BCUT2D eigenvalue weighted by atomic mass is 19.4. The lowest BCUT2D eigenvalue weighted by Crippen LogP contribution is -2.22. The summed E-state index contributed by atoms with van der Waals surface area (Å²) in [5.41, 5.74) is -0.983. The van der Waals surface area contributed by atoms with Crippen LogP contribution >= 0.6 is 0 Å². The third-order valence-electron chi connectivity index (χ3n) is 2.54. The van der Waals surface area contributed by atoms with E-state index in [0.717, 1.165) is 24.3 Å². The molecule has 0 unspecified atom stereocenters. The first-order valence-corrected chi connectivity index (χ1v) is 5.60. The van der Waals surface area contributed by atoms with Gasteiger partial charge in [-0.1, -0.05) is 12.1 Å². The minimum absolute atomic E-state index is 0.0746. The number of benzene rings is 1. The summed E-state index contributed by atoms with van der Waals surface area (Å²) >= 11 is 0. The number of alkyl halides is 6. The summed E-state index contributed by atoms with van der Waals surface area (Å²) in [5, 5.41) is 0. The molecule has 0 heterocycles. The maximum Gasteiger partial charge on any atom is 0.454 e. The zero-order valence-corrected chi connectivity index (χ0v) is 11.0. The number of carbonyl (C=O) groups excluding carboxylic acids is 1. The van der Waals surface area contributed by atoms with Crippen LogP contribution in [-0.2, 0) is 11.0 Å². The predicted octanol–water partition coefficient (Wildman–Crippen LogP) is 3.74. The van der Waals surface area contributed by atoms with Crippen molar-refractivity contribution in [2.75, 3.05) is 14.1 Å². The molecule has 8 heteroatoms. The van der Waals surface area contributed by atoms with Gasteiger partial charge in [-0.3, -0.25) is 4.79 Å². The first-order chi connectivity index (χ1) is 9.43. The maximum atomic E-state index is 12.4. The third-order valence-corrected chi connectivity index (χ3v) is 2.54. The van der Waals surface area contributed by atoms with Crippen molar-refractivity contribution < 1.29 is 31.1 Å². The number of rotatable bonds is 3. The second-order valence-electron chi connectivity index (χ2n) is 4.36. The van der Waals surface area contributed by atoms with Gasteiger partial charge in [0.1, 0.15) is 0 Å². The van der Waals surface area contributed by atoms with Crippen molar-refractivity contribution in [3.05, 3.63) is 41.5 Å². The third kappa shape index (κ3) is 4.51. The monoisotopic (exact) mass is 311 g/mol. The van der Waals surface area contributed by atoms with E-state index in [1.165, 1.54) is 19.0 Å². The van der Waals surface area contributed by atoms with Crippen LogP contribution in [0.1, 0.15) is 11.1 Å². The van der Waals surface area contributed by atoms with Crippen LogP contribution in [0.5, 0.6) is 0 Å². The van der Waals surface area contributed by atoms with Gasteiger partial charge in [-0.05, 0) is 17.7 Å². The van der Waals surface area contributed by atoms with Crippen LogP contribution < -0.4 is 0 Å². The summed E-state index contributed by atoms with van der Waals surface area (Å²) < 4.78 is 74.0. The van der Waals surface area contributed by atoms with Crippen LogP contribution in [0.25, 0.3) is 5.70 Å². The standard InChI is InChI=1S/C13H11F6NO/c1-20(2)10(7-11(21)13(17,18)19)8-3-5-9(6-4-8)12(14,15)16/h3-7H,1-2H3/b10-7+. The summed E-state index contributed by atoms with van der Waals surface area (Å²) in [4.78, 5) is 12.2. The average Bonchev–Trinajstić information content (AvgIpc) is 2.33. The van der Waals surface area contributed by atoms with E-state index in [4.69, 9.17) is 0 Å². The summed E-state index contributed by atoms with van der Waals surface area (Å²) in [6.07, 6.45) is -9.22. The first-order valence-electron chi connectivity index (χ1n) is 5.60. The van der Waals surface area contributed by atoms with Crippen LogP contribution in [-0.4, -0.2) is 31.0 Å². The van der Waals surface area contributed by atoms with Crippen molar-refractivity contribution in [3.8, 4) is 0 Å². The van der Waals surface area contributed by atoms with Gasteiger partial charge in [0, 0.05) is 25.9 Å². The van der Waals surface area contributed by atoms with Gasteiger partial charge in [-0.25, -0.2) is 0 Å². The van der Waals surface area contributed by atoms with E-state index in [0.29, 0.717) is 6.08 Å². The molecule has 0 aromatic heterocycles. The molecule has 0 saturated carbocycles. The van der Waals surface area contributed by atoms with Crippen LogP contribution in [0.2, 0.25) is 0 Å². The van der Waals surface area contributed by atoms with Gasteiger partial charge in [0.15, 0.2) is 0 Å². The van der Waals surface area contributed by atoms with E-state index in [-0.39, 0.29) is 11.3 Å². The predicted molar refractivity (Wildman–Crippen MR) is 64.2 cm³/mol. The van der Waals surface area contributed by atoms with E-state index in [2.05, 4.69) is 0 Å². The number of ketones is 1. The fraction of sp³-hybridized carbons (Fsp3) is 0.308. The molecular formula is C13H11F6NO. The van der Waals surface area contributed by atoms with Crippen LogP contribution in [0.15, 0.2) is 30.3 Å². The summed E-state index contributed by atoms with van der Waals surface area (Å²) in [6, 6.07) is 3.51. The second-order valence-corrected chi connectivity index (χ2v) is 4.36. The largest absolute Gasteiger partial charge is 0.454 e. The molecule has 1 aromatic carbocycles. The SMILES string of the molecule is CN(C)/C(=C/C(=O)C(F)(F)F)c1ccc(C(F)(F)F)cc1. The Balaban J connectivity index is 3.19. The van der Waals surface area contributed by atoms with E-state index in [1.54, 1.807) is 0 Å². The van der Waals surface area contributed by atoms with Gasteiger partial charge >= 0.3 is 12.4 Å². The first kappa shape index (κ1) is 17.1. The lowest BCUT2D eigenvalue weighted by Gasteiger charge is -2.18. The normalized spacial score (nSPS) is 13.2. The molecule has 0 aliphatic rings. The Morgan fingerprint density at radius 3 is 1.81 bits per heavy atom. The number of carbonyl (C=O) groups is 1. The molecule has 21 heavy (non-hydrogen) atoms. The minimum atomic E-state index is -5.03. The Labute approximate surface area is 116 Å². The fourth-order valence-electron chi connectivity index (χ4n) is 1.51. The molecule has 2 nitrogen and oxygen atoms in total. The summed E-state index contributed by atoms with van der Waals surface area (Å²) in [6.45, 7) is 0. The van der Waals surface area contributed by atoms with Gasteiger partial charge < -0.3 is 4.90 Å². The van der Waals surface area contributed by atoms with Gasteiger partial charge in [0.2, 0.25) is 0 Å². The lowest BCUT2D eigenvalue weighted by molar-refractivity contribution is -0.165. The number of hydrogen-bond acceptors (Lipinski definition) is 2. The Hall–Kier alpha value is -1.99. The quantitative estimate of drug-likeness (QED) is 0.626. The summed E-state index contributed by atoms with van der Waals surface area (Å²) in [5.74, 6) is -2.08.